The van der Waals surface area contributed by atoms with Gasteiger partial charge in [0.05, 0.1) is 5.56 Å². The number of nitrogens with zero attached hydrogens (tertiary/aromatic N) is 1. The van der Waals surface area contributed by atoms with Crippen LogP contribution in [0.2, 0.25) is 0 Å². The van der Waals surface area contributed by atoms with E-state index in [1.807, 2.05) is 0 Å². The minimum absolute atomic E-state index is 0.391. The van der Waals surface area contributed by atoms with Gasteiger partial charge in [0.25, 0.3) is 0 Å². The van der Waals surface area contributed by atoms with Crippen molar-refractivity contribution in [3.05, 3.63) is 34.2 Å². The molecule has 0 atom stereocenters. The fourth-order valence-corrected chi connectivity index (χ4v) is 1.02. The van der Waals surface area contributed by atoms with Gasteiger partial charge in [0.15, 0.2) is 0 Å². The van der Waals surface area contributed by atoms with E-state index in [1.54, 1.807) is 0 Å². The first-order valence-electron chi connectivity index (χ1n) is 3.51. The van der Waals surface area contributed by atoms with Gasteiger partial charge in [0.1, 0.15) is 11.3 Å². The molecule has 72 valence electrons. The van der Waals surface area contributed by atoms with Gasteiger partial charge < -0.3 is 10.2 Å². The molecule has 1 aromatic carbocycles. The molecule has 0 unspecified atom stereocenters. The van der Waals surface area contributed by atoms with Gasteiger partial charge >= 0.3 is 11.9 Å². The molecule has 1 rings (SSSR count). The third kappa shape index (κ3) is 1.58. The predicted molar refractivity (Wildman–Crippen MR) is 45.8 cm³/mol. The smallest absolute Gasteiger partial charge is 0.338 e. The summed E-state index contributed by atoms with van der Waals surface area (Å²) in [6.07, 6.45) is 0. The second-order valence-electron chi connectivity index (χ2n) is 2.40. The molecule has 14 heavy (non-hydrogen) atoms. The molecule has 2 N–H and O–H groups in total. The number of hydrogen-bond acceptors (Lipinski definition) is 4. The number of nitroso groups, excluding NO2 is 1. The molecule has 6 heteroatoms. The topological polar surface area (TPSA) is 104 Å². The second-order valence-corrected chi connectivity index (χ2v) is 2.40. The molecule has 0 radical (unpaired) electrons. The third-order valence-corrected chi connectivity index (χ3v) is 1.59. The average molecular weight is 195 g/mol. The molecule has 0 fully saturated rings. The molecule has 0 spiro atoms. The highest BCUT2D eigenvalue weighted by molar-refractivity contribution is 6.05. The maximum absolute atomic E-state index is 10.6. The fraction of sp³-hybridized carbons (Fsp3) is 0. The maximum atomic E-state index is 10.6. The Balaban J connectivity index is 3.51. The Morgan fingerprint density at radius 2 is 1.79 bits per heavy atom. The Kier molecular flexibility index (Phi) is 2.57. The van der Waals surface area contributed by atoms with E-state index in [9.17, 15) is 14.5 Å². The number of rotatable bonds is 3. The standard InChI is InChI=1S/C8H5NO5/c10-7(11)4-2-1-3-5(9-14)6(4)8(12)13/h1-3H,(H,10,11)(H,12,13). The maximum Gasteiger partial charge on any atom is 0.338 e. The largest absolute Gasteiger partial charge is 0.478 e. The average Bonchev–Trinajstić information content (AvgIpc) is 2.16. The minimum atomic E-state index is -1.49. The summed E-state index contributed by atoms with van der Waals surface area (Å²) in [5.74, 6) is -2.90. The van der Waals surface area contributed by atoms with Gasteiger partial charge in [-0.15, -0.1) is 4.91 Å². The van der Waals surface area contributed by atoms with Crippen molar-refractivity contribution in [3.63, 3.8) is 0 Å². The van der Waals surface area contributed by atoms with Crippen molar-refractivity contribution in [3.8, 4) is 0 Å². The molecule has 0 saturated carbocycles. The molecular formula is C8H5NO5. The molecule has 0 aliphatic heterocycles. The first kappa shape index (κ1) is 9.85. The Hall–Kier alpha value is -2.24. The lowest BCUT2D eigenvalue weighted by molar-refractivity contribution is 0.0652. The lowest BCUT2D eigenvalue weighted by Crippen LogP contribution is -2.07. The molecule has 0 aromatic heterocycles. The Morgan fingerprint density at radius 3 is 2.21 bits per heavy atom. The zero-order valence-corrected chi connectivity index (χ0v) is 6.80. The quantitative estimate of drug-likeness (QED) is 0.710. The van der Waals surface area contributed by atoms with Crippen molar-refractivity contribution < 1.29 is 19.8 Å². The highest BCUT2D eigenvalue weighted by Crippen LogP contribution is 2.22. The zero-order chi connectivity index (χ0) is 10.7. The molecule has 6 nitrogen and oxygen atoms in total. The molecule has 1 aromatic rings. The Labute approximate surface area is 77.8 Å². The summed E-state index contributed by atoms with van der Waals surface area (Å²) in [5.41, 5.74) is -1.43. The van der Waals surface area contributed by atoms with Gasteiger partial charge in [-0.3, -0.25) is 0 Å². The second kappa shape index (κ2) is 3.65. The van der Waals surface area contributed by atoms with Crippen molar-refractivity contribution in [1.29, 1.82) is 0 Å². The van der Waals surface area contributed by atoms with E-state index < -0.39 is 28.8 Å². The van der Waals surface area contributed by atoms with Crippen molar-refractivity contribution in [2.75, 3.05) is 0 Å². The molecule has 0 saturated heterocycles. The highest BCUT2D eigenvalue weighted by Gasteiger charge is 2.20. The third-order valence-electron chi connectivity index (χ3n) is 1.59. The van der Waals surface area contributed by atoms with Crippen molar-refractivity contribution in [2.45, 2.75) is 0 Å². The van der Waals surface area contributed by atoms with Crippen LogP contribution in [0.25, 0.3) is 0 Å². The fourth-order valence-electron chi connectivity index (χ4n) is 1.02. The number of aromatic carboxylic acids is 2. The van der Waals surface area contributed by atoms with Gasteiger partial charge in [-0.2, -0.15) is 0 Å². The summed E-state index contributed by atoms with van der Waals surface area (Å²) < 4.78 is 0. The van der Waals surface area contributed by atoms with E-state index in [0.717, 1.165) is 12.1 Å². The van der Waals surface area contributed by atoms with Gasteiger partial charge in [0, 0.05) is 0 Å². The zero-order valence-electron chi connectivity index (χ0n) is 6.80. The Bertz CT molecular complexity index is 412. The van der Waals surface area contributed by atoms with Crippen LogP contribution in [0.4, 0.5) is 5.69 Å². The monoisotopic (exact) mass is 195 g/mol. The lowest BCUT2D eigenvalue weighted by Gasteiger charge is -2.01. The van der Waals surface area contributed by atoms with Crippen LogP contribution in [0, 0.1) is 4.91 Å². The number of carboxylic acids is 2. The van der Waals surface area contributed by atoms with Crippen LogP contribution in [0.5, 0.6) is 0 Å². The van der Waals surface area contributed by atoms with Gasteiger partial charge in [-0.1, -0.05) is 6.07 Å². The van der Waals surface area contributed by atoms with E-state index in [2.05, 4.69) is 5.18 Å². The normalized spacial score (nSPS) is 9.43. The summed E-state index contributed by atoms with van der Waals surface area (Å²) in [4.78, 5) is 31.4. The van der Waals surface area contributed by atoms with Crippen LogP contribution in [-0.2, 0) is 0 Å². The predicted octanol–water partition coefficient (Wildman–Crippen LogP) is 1.48. The number of hydrogen-bond donors (Lipinski definition) is 2. The van der Waals surface area contributed by atoms with Crippen LogP contribution in [0.15, 0.2) is 23.4 Å². The lowest BCUT2D eigenvalue weighted by atomic mass is 10.1. The van der Waals surface area contributed by atoms with E-state index in [0.29, 0.717) is 0 Å². The summed E-state index contributed by atoms with van der Waals surface area (Å²) >= 11 is 0. The summed E-state index contributed by atoms with van der Waals surface area (Å²) in [6, 6.07) is 3.50. The molecule has 0 heterocycles. The van der Waals surface area contributed by atoms with E-state index in [-0.39, 0.29) is 0 Å². The van der Waals surface area contributed by atoms with Crippen LogP contribution in [0.1, 0.15) is 20.7 Å². The number of benzene rings is 1. The number of carbonyl (C=O) groups is 2. The summed E-state index contributed by atoms with van der Waals surface area (Å²) in [5, 5.41) is 19.7. The van der Waals surface area contributed by atoms with E-state index >= 15 is 0 Å². The van der Waals surface area contributed by atoms with Gasteiger partial charge in [-0.05, 0) is 17.3 Å². The van der Waals surface area contributed by atoms with Crippen molar-refractivity contribution >= 4 is 17.6 Å². The first-order chi connectivity index (χ1) is 6.57. The van der Waals surface area contributed by atoms with E-state index in [4.69, 9.17) is 10.2 Å². The number of carboxylic acid groups (broad SMARTS) is 2. The molecular weight excluding hydrogens is 190 g/mol. The molecule has 0 amide bonds. The molecule has 0 bridgehead atoms. The van der Waals surface area contributed by atoms with Crippen LogP contribution in [-0.4, -0.2) is 22.2 Å². The molecule has 0 aliphatic carbocycles. The highest BCUT2D eigenvalue weighted by atomic mass is 16.4. The summed E-state index contributed by atoms with van der Waals surface area (Å²) in [7, 11) is 0. The van der Waals surface area contributed by atoms with Crippen LogP contribution < -0.4 is 0 Å². The van der Waals surface area contributed by atoms with Gasteiger partial charge in [0.2, 0.25) is 0 Å². The van der Waals surface area contributed by atoms with Crippen LogP contribution >= 0.6 is 0 Å². The molecule has 0 aliphatic rings. The van der Waals surface area contributed by atoms with Crippen molar-refractivity contribution in [2.24, 2.45) is 5.18 Å². The first-order valence-corrected chi connectivity index (χ1v) is 3.51. The summed E-state index contributed by atoms with van der Waals surface area (Å²) in [6.45, 7) is 0. The van der Waals surface area contributed by atoms with Crippen molar-refractivity contribution in [1.82, 2.24) is 0 Å². The SMILES string of the molecule is O=Nc1cccc(C(=O)O)c1C(=O)O. The van der Waals surface area contributed by atoms with Crippen LogP contribution in [0.3, 0.4) is 0 Å². The Morgan fingerprint density at radius 1 is 1.14 bits per heavy atom. The van der Waals surface area contributed by atoms with E-state index in [1.165, 1.54) is 6.07 Å². The minimum Gasteiger partial charge on any atom is -0.478 e. The van der Waals surface area contributed by atoms with Gasteiger partial charge in [-0.25, -0.2) is 9.59 Å².